The number of hydrogen-bond acceptors (Lipinski definition) is 5. The van der Waals surface area contributed by atoms with Gasteiger partial charge in [-0.3, -0.25) is 14.3 Å². The summed E-state index contributed by atoms with van der Waals surface area (Å²) in [5.74, 6) is 0.223. The topological polar surface area (TPSA) is 113 Å². The second-order valence-corrected chi connectivity index (χ2v) is 7.44. The first kappa shape index (κ1) is 21.0. The molecule has 0 aliphatic carbocycles. The van der Waals surface area contributed by atoms with Gasteiger partial charge in [0, 0.05) is 12.3 Å². The lowest BCUT2D eigenvalue weighted by molar-refractivity contribution is -0.182. The Hall–Kier alpha value is -3.27. The van der Waals surface area contributed by atoms with E-state index in [1.165, 1.54) is 0 Å². The zero-order chi connectivity index (χ0) is 22.2. The Kier molecular flexibility index (Phi) is 5.48. The van der Waals surface area contributed by atoms with Crippen LogP contribution in [0.1, 0.15) is 13.2 Å². The second-order valence-electron chi connectivity index (χ2n) is 7.44. The molecule has 1 radical (unpaired) electrons. The number of alkyl halides is 1. The van der Waals surface area contributed by atoms with E-state index in [1.54, 1.807) is 24.3 Å². The molecule has 2 aromatic carbocycles. The number of aromatic nitrogens is 2. The first-order chi connectivity index (χ1) is 14.8. The Bertz CT molecular complexity index is 1160. The molecule has 0 saturated carbocycles. The number of ether oxygens (including phenoxy) is 2. The van der Waals surface area contributed by atoms with Crippen molar-refractivity contribution in [1.29, 1.82) is 0 Å². The molecule has 4 rings (SSSR count). The molecule has 1 aliphatic rings. The highest BCUT2D eigenvalue weighted by molar-refractivity contribution is 5.63. The minimum Gasteiger partial charge on any atom is -0.459 e. The van der Waals surface area contributed by atoms with Gasteiger partial charge in [-0.1, -0.05) is 42.5 Å². The number of aliphatic hydroxyl groups is 1. The van der Waals surface area contributed by atoms with E-state index < -0.39 is 41.6 Å². The fraction of sp³-hybridized carbons (Fsp3) is 0.273. The van der Waals surface area contributed by atoms with Gasteiger partial charge >= 0.3 is 5.69 Å². The lowest BCUT2D eigenvalue weighted by atomic mass is 9.98. The van der Waals surface area contributed by atoms with E-state index in [-0.39, 0.29) is 5.75 Å². The number of halogens is 1. The highest BCUT2D eigenvalue weighted by Crippen LogP contribution is 2.42. The standard InChI is InChI=1S/C22H20FN2O6/c1-22(23)18(27)17(31-20(22)25-12-11-16(26)24-21(25)29)19(28)30-15-9-7-14(8-10-15)13-5-3-2-4-6-13/h2-12,17-20,27H,1H3,(H,24,26,29)/t17-,18-,19-,20-,22-/m1/s1. The Morgan fingerprint density at radius 3 is 2.39 bits per heavy atom. The molecule has 31 heavy (non-hydrogen) atoms. The highest BCUT2D eigenvalue weighted by Gasteiger charge is 2.58. The summed E-state index contributed by atoms with van der Waals surface area (Å²) in [7, 11) is 0. The van der Waals surface area contributed by atoms with Crippen molar-refractivity contribution in [2.24, 2.45) is 0 Å². The third-order valence-corrected chi connectivity index (χ3v) is 5.24. The summed E-state index contributed by atoms with van der Waals surface area (Å²) in [4.78, 5) is 25.2. The zero-order valence-corrected chi connectivity index (χ0v) is 16.5. The Balaban J connectivity index is 1.51. The van der Waals surface area contributed by atoms with E-state index in [0.29, 0.717) is 0 Å². The molecule has 2 heterocycles. The Morgan fingerprint density at radius 2 is 1.74 bits per heavy atom. The summed E-state index contributed by atoms with van der Waals surface area (Å²) in [5, 5.41) is 23.0. The average Bonchev–Trinajstić information content (AvgIpc) is 2.99. The molecule has 161 valence electrons. The quantitative estimate of drug-likeness (QED) is 0.605. The molecule has 1 saturated heterocycles. The number of H-pyrrole nitrogens is 1. The van der Waals surface area contributed by atoms with Gasteiger partial charge in [-0.25, -0.2) is 9.18 Å². The SMILES string of the molecule is C[C@@]1(F)[C@H](O)[C@H]([C@H]([O])Oc2ccc(-c3ccccc3)cc2)O[C@H]1n1ccc(=O)[nH]c1=O. The molecule has 1 fully saturated rings. The predicted molar refractivity (Wildman–Crippen MR) is 108 cm³/mol. The molecular formula is C22H20FN2O6. The van der Waals surface area contributed by atoms with Gasteiger partial charge < -0.3 is 14.6 Å². The number of hydrogen-bond donors (Lipinski definition) is 2. The molecule has 1 aliphatic heterocycles. The summed E-state index contributed by atoms with van der Waals surface area (Å²) in [6.07, 6.45) is -5.98. The molecular weight excluding hydrogens is 407 g/mol. The zero-order valence-electron chi connectivity index (χ0n) is 16.5. The summed E-state index contributed by atoms with van der Waals surface area (Å²) in [6, 6.07) is 17.3. The highest BCUT2D eigenvalue weighted by atomic mass is 19.1. The monoisotopic (exact) mass is 427 g/mol. The van der Waals surface area contributed by atoms with E-state index in [0.717, 1.165) is 34.9 Å². The maximum atomic E-state index is 15.2. The molecule has 2 N–H and O–H groups in total. The lowest BCUT2D eigenvalue weighted by Gasteiger charge is -2.24. The van der Waals surface area contributed by atoms with Crippen LogP contribution in [-0.2, 0) is 9.84 Å². The normalized spacial score (nSPS) is 26.5. The van der Waals surface area contributed by atoms with E-state index in [2.05, 4.69) is 0 Å². The summed E-state index contributed by atoms with van der Waals surface area (Å²) in [6.45, 7) is 1.02. The van der Waals surface area contributed by atoms with Crippen molar-refractivity contribution in [2.75, 3.05) is 0 Å². The van der Waals surface area contributed by atoms with Crippen molar-refractivity contribution in [2.45, 2.75) is 37.3 Å². The first-order valence-electron chi connectivity index (χ1n) is 9.59. The van der Waals surface area contributed by atoms with E-state index in [9.17, 15) is 19.8 Å². The van der Waals surface area contributed by atoms with Crippen molar-refractivity contribution in [3.05, 3.63) is 87.7 Å². The predicted octanol–water partition coefficient (Wildman–Crippen LogP) is 2.03. The van der Waals surface area contributed by atoms with Crippen LogP contribution in [0.15, 0.2) is 76.4 Å². The first-order valence-corrected chi connectivity index (χ1v) is 9.59. The van der Waals surface area contributed by atoms with Crippen molar-refractivity contribution in [3.8, 4) is 16.9 Å². The van der Waals surface area contributed by atoms with Crippen LogP contribution in [0.25, 0.3) is 11.1 Å². The molecule has 0 unspecified atom stereocenters. The van der Waals surface area contributed by atoms with Crippen molar-refractivity contribution >= 4 is 0 Å². The van der Waals surface area contributed by atoms with Crippen LogP contribution in [0.4, 0.5) is 4.39 Å². The molecule has 0 amide bonds. The number of nitrogens with zero attached hydrogens (tertiary/aromatic N) is 1. The molecule has 9 heteroatoms. The summed E-state index contributed by atoms with van der Waals surface area (Å²) >= 11 is 0. The maximum absolute atomic E-state index is 15.2. The minimum absolute atomic E-state index is 0.223. The van der Waals surface area contributed by atoms with Gasteiger partial charge in [-0.2, -0.15) is 5.11 Å². The number of benzene rings is 2. The minimum atomic E-state index is -2.48. The largest absolute Gasteiger partial charge is 0.459 e. The van der Waals surface area contributed by atoms with Gasteiger partial charge in [0.25, 0.3) is 11.8 Å². The summed E-state index contributed by atoms with van der Waals surface area (Å²) < 4.78 is 26.7. The van der Waals surface area contributed by atoms with Crippen LogP contribution in [-0.4, -0.2) is 38.8 Å². The second kappa shape index (κ2) is 8.10. The smallest absolute Gasteiger partial charge is 0.330 e. The number of aliphatic hydroxyl groups excluding tert-OH is 1. The van der Waals surface area contributed by atoms with Crippen LogP contribution < -0.4 is 16.0 Å². The van der Waals surface area contributed by atoms with Crippen LogP contribution in [0.3, 0.4) is 0 Å². The number of nitrogens with one attached hydrogen (secondary N) is 1. The summed E-state index contributed by atoms with van der Waals surface area (Å²) in [5.41, 5.74) is -2.16. The molecule has 8 nitrogen and oxygen atoms in total. The number of aromatic amines is 1. The van der Waals surface area contributed by atoms with Crippen molar-refractivity contribution in [3.63, 3.8) is 0 Å². The lowest BCUT2D eigenvalue weighted by Crippen LogP contribution is -2.45. The molecule has 5 atom stereocenters. The van der Waals surface area contributed by atoms with E-state index >= 15 is 4.39 Å². The number of rotatable bonds is 5. The van der Waals surface area contributed by atoms with Gasteiger partial charge in [-0.05, 0) is 30.2 Å². The molecule has 1 aromatic heterocycles. The van der Waals surface area contributed by atoms with Crippen LogP contribution in [0, 0.1) is 0 Å². The van der Waals surface area contributed by atoms with Crippen molar-refractivity contribution < 1.29 is 24.1 Å². The van der Waals surface area contributed by atoms with Crippen LogP contribution in [0.2, 0.25) is 0 Å². The van der Waals surface area contributed by atoms with Gasteiger partial charge in [0.2, 0.25) is 0 Å². The average molecular weight is 427 g/mol. The Labute approximate surface area is 176 Å². The van der Waals surface area contributed by atoms with Gasteiger partial charge in [0.15, 0.2) is 18.0 Å². The van der Waals surface area contributed by atoms with Crippen LogP contribution >= 0.6 is 0 Å². The van der Waals surface area contributed by atoms with E-state index in [4.69, 9.17) is 9.47 Å². The third-order valence-electron chi connectivity index (χ3n) is 5.24. The fourth-order valence-electron chi connectivity index (χ4n) is 3.54. The molecule has 3 aromatic rings. The van der Waals surface area contributed by atoms with Gasteiger partial charge in [0.1, 0.15) is 11.9 Å². The molecule has 0 spiro atoms. The van der Waals surface area contributed by atoms with E-state index in [1.807, 2.05) is 35.3 Å². The molecule has 0 bridgehead atoms. The fourth-order valence-corrected chi connectivity index (χ4v) is 3.54. The Morgan fingerprint density at radius 1 is 1.10 bits per heavy atom. The van der Waals surface area contributed by atoms with Gasteiger partial charge in [0.05, 0.1) is 0 Å². The van der Waals surface area contributed by atoms with Crippen molar-refractivity contribution in [1.82, 2.24) is 9.55 Å². The van der Waals surface area contributed by atoms with Crippen LogP contribution in [0.5, 0.6) is 5.75 Å². The maximum Gasteiger partial charge on any atom is 0.330 e. The third kappa shape index (κ3) is 4.02. The van der Waals surface area contributed by atoms with Gasteiger partial charge in [-0.15, -0.1) is 0 Å².